The number of alkyl halides is 3. The molecule has 2 N–H and O–H groups in total. The lowest BCUT2D eigenvalue weighted by Crippen LogP contribution is -2.36. The number of aliphatic imine (C=N–C) groups is 1. The van der Waals surface area contributed by atoms with Gasteiger partial charge in [0, 0.05) is 25.4 Å². The fraction of sp³-hybridized carbons (Fsp3) is 0.368. The van der Waals surface area contributed by atoms with Gasteiger partial charge in [-0.2, -0.15) is 13.2 Å². The number of hydrogen-bond acceptors (Lipinski definition) is 3. The Kier molecular flexibility index (Phi) is 7.45. The Hall–Kier alpha value is -2.77. The first-order valence-corrected chi connectivity index (χ1v) is 8.58. The molecule has 27 heavy (non-hydrogen) atoms. The summed E-state index contributed by atoms with van der Waals surface area (Å²) in [6.45, 7) is 4.21. The molecule has 0 aliphatic rings. The van der Waals surface area contributed by atoms with Crippen molar-refractivity contribution >= 4 is 5.96 Å². The molecule has 0 saturated heterocycles. The molecule has 5 nitrogen and oxygen atoms in total. The summed E-state index contributed by atoms with van der Waals surface area (Å²) >= 11 is 0. The quantitative estimate of drug-likeness (QED) is 0.569. The first-order valence-electron chi connectivity index (χ1n) is 8.58. The van der Waals surface area contributed by atoms with Crippen molar-refractivity contribution in [3.05, 3.63) is 59.3 Å². The molecule has 1 aromatic heterocycles. The molecule has 0 unspecified atom stereocenters. The van der Waals surface area contributed by atoms with Gasteiger partial charge in [-0.15, -0.1) is 0 Å². The lowest BCUT2D eigenvalue weighted by molar-refractivity contribution is -0.154. The van der Waals surface area contributed by atoms with Crippen LogP contribution in [0, 0.1) is 6.92 Å². The monoisotopic (exact) mass is 380 g/mol. The highest BCUT2D eigenvalue weighted by Crippen LogP contribution is 2.17. The first-order chi connectivity index (χ1) is 12.9. The third-order valence-electron chi connectivity index (χ3n) is 3.49. The van der Waals surface area contributed by atoms with Crippen LogP contribution in [-0.4, -0.2) is 30.3 Å². The van der Waals surface area contributed by atoms with Gasteiger partial charge in [-0.1, -0.05) is 29.8 Å². The van der Waals surface area contributed by atoms with E-state index in [2.05, 4.69) is 31.4 Å². The number of hydrogen-bond donors (Lipinski definition) is 2. The Morgan fingerprint density at radius 1 is 1.15 bits per heavy atom. The molecular weight excluding hydrogens is 357 g/mol. The third-order valence-corrected chi connectivity index (χ3v) is 3.49. The number of benzene rings is 1. The number of guanidine groups is 1. The van der Waals surface area contributed by atoms with E-state index in [0.29, 0.717) is 25.6 Å². The zero-order chi connectivity index (χ0) is 19.7. The maximum absolute atomic E-state index is 12.2. The van der Waals surface area contributed by atoms with Gasteiger partial charge in [-0.3, -0.25) is 0 Å². The maximum Gasteiger partial charge on any atom is 0.422 e. The van der Waals surface area contributed by atoms with Crippen molar-refractivity contribution in [1.82, 2.24) is 15.6 Å². The lowest BCUT2D eigenvalue weighted by Gasteiger charge is -2.12. The van der Waals surface area contributed by atoms with Crippen molar-refractivity contribution in [2.75, 3.05) is 13.2 Å². The van der Waals surface area contributed by atoms with Gasteiger partial charge in [0.15, 0.2) is 12.6 Å². The van der Waals surface area contributed by atoms with Crippen molar-refractivity contribution in [2.45, 2.75) is 33.1 Å². The highest BCUT2D eigenvalue weighted by molar-refractivity contribution is 5.79. The fourth-order valence-corrected chi connectivity index (χ4v) is 2.30. The van der Waals surface area contributed by atoms with Crippen molar-refractivity contribution < 1.29 is 17.9 Å². The Balaban J connectivity index is 1.95. The minimum absolute atomic E-state index is 0.0617. The number of nitrogens with one attached hydrogen (secondary N) is 2. The average Bonchev–Trinajstić information content (AvgIpc) is 2.62. The fourth-order valence-electron chi connectivity index (χ4n) is 2.30. The maximum atomic E-state index is 12.2. The van der Waals surface area contributed by atoms with E-state index in [1.807, 2.05) is 32.0 Å². The van der Waals surface area contributed by atoms with E-state index in [9.17, 15) is 13.2 Å². The van der Waals surface area contributed by atoms with Gasteiger partial charge in [0.25, 0.3) is 0 Å². The summed E-state index contributed by atoms with van der Waals surface area (Å²) in [5.74, 6) is 0.557. The highest BCUT2D eigenvalue weighted by atomic mass is 19.4. The van der Waals surface area contributed by atoms with Crippen molar-refractivity contribution in [3.8, 4) is 5.88 Å². The van der Waals surface area contributed by atoms with Crippen molar-refractivity contribution in [2.24, 2.45) is 4.99 Å². The zero-order valence-corrected chi connectivity index (χ0v) is 15.3. The summed E-state index contributed by atoms with van der Waals surface area (Å²) in [6.07, 6.45) is -2.98. The topological polar surface area (TPSA) is 58.5 Å². The first kappa shape index (κ1) is 20.5. The van der Waals surface area contributed by atoms with Gasteiger partial charge in [0.05, 0.1) is 6.54 Å². The molecule has 2 aromatic rings. The molecule has 1 aromatic carbocycles. The predicted molar refractivity (Wildman–Crippen MR) is 98.6 cm³/mol. The molecule has 0 radical (unpaired) electrons. The molecule has 0 fully saturated rings. The highest BCUT2D eigenvalue weighted by Gasteiger charge is 2.28. The number of pyridine rings is 1. The number of nitrogens with zero attached hydrogens (tertiary/aromatic N) is 2. The second-order valence-electron chi connectivity index (χ2n) is 5.94. The van der Waals surface area contributed by atoms with E-state index in [4.69, 9.17) is 0 Å². The van der Waals surface area contributed by atoms with Crippen LogP contribution in [0.2, 0.25) is 0 Å². The molecule has 0 bridgehead atoms. The molecule has 8 heteroatoms. The van der Waals surface area contributed by atoms with Crippen LogP contribution in [0.15, 0.2) is 47.6 Å². The van der Waals surface area contributed by atoms with E-state index in [1.54, 1.807) is 6.07 Å². The number of rotatable bonds is 7. The Morgan fingerprint density at radius 2 is 1.96 bits per heavy atom. The molecule has 1 heterocycles. The van der Waals surface area contributed by atoms with Crippen LogP contribution >= 0.6 is 0 Å². The van der Waals surface area contributed by atoms with Crippen LogP contribution in [0.5, 0.6) is 5.88 Å². The van der Waals surface area contributed by atoms with E-state index in [0.717, 1.165) is 11.1 Å². The van der Waals surface area contributed by atoms with Crippen LogP contribution in [0.25, 0.3) is 0 Å². The van der Waals surface area contributed by atoms with E-state index in [-0.39, 0.29) is 5.88 Å². The average molecular weight is 380 g/mol. The van der Waals surface area contributed by atoms with Crippen LogP contribution in [0.3, 0.4) is 0 Å². The number of ether oxygens (including phenoxy) is 1. The summed E-state index contributed by atoms with van der Waals surface area (Å²) < 4.78 is 41.4. The molecule has 0 amide bonds. The van der Waals surface area contributed by atoms with E-state index >= 15 is 0 Å². The normalized spacial score (nSPS) is 12.0. The molecule has 0 spiro atoms. The molecular formula is C19H23F3N4O. The van der Waals surface area contributed by atoms with Crippen LogP contribution < -0.4 is 15.4 Å². The smallest absolute Gasteiger partial charge is 0.422 e. The molecule has 146 valence electrons. The molecule has 0 aliphatic carbocycles. The molecule has 0 atom stereocenters. The summed E-state index contributed by atoms with van der Waals surface area (Å²) in [7, 11) is 0. The summed E-state index contributed by atoms with van der Waals surface area (Å²) in [5.41, 5.74) is 3.01. The number of halogens is 3. The second kappa shape index (κ2) is 9.80. The number of aromatic nitrogens is 1. The Bertz CT molecular complexity index is 763. The van der Waals surface area contributed by atoms with Crippen molar-refractivity contribution in [3.63, 3.8) is 0 Å². The number of aryl methyl sites for hydroxylation is 1. The summed E-state index contributed by atoms with van der Waals surface area (Å²) in [5, 5.41) is 6.30. The predicted octanol–water partition coefficient (Wildman–Crippen LogP) is 3.59. The molecule has 0 saturated carbocycles. The van der Waals surface area contributed by atoms with Gasteiger partial charge >= 0.3 is 6.18 Å². The Labute approximate surface area is 156 Å². The molecule has 2 rings (SSSR count). The minimum Gasteiger partial charge on any atom is -0.468 e. The van der Waals surface area contributed by atoms with Gasteiger partial charge in [-0.25, -0.2) is 9.98 Å². The summed E-state index contributed by atoms with van der Waals surface area (Å²) in [6, 6.07) is 11.3. The lowest BCUT2D eigenvalue weighted by atomic mass is 10.1. The SMILES string of the molecule is CCNC(=NCc1cccc(C)c1)NCc1ccnc(OCC(F)(F)F)c1. The zero-order valence-electron chi connectivity index (χ0n) is 15.3. The third kappa shape index (κ3) is 7.98. The van der Waals surface area contributed by atoms with Crippen molar-refractivity contribution in [1.29, 1.82) is 0 Å². The van der Waals surface area contributed by atoms with Crippen LogP contribution in [-0.2, 0) is 13.1 Å². The van der Waals surface area contributed by atoms with Gasteiger partial charge < -0.3 is 15.4 Å². The largest absolute Gasteiger partial charge is 0.468 e. The standard InChI is InChI=1S/C19H23F3N4O/c1-3-23-18(25-11-15-6-4-5-14(2)9-15)26-12-16-7-8-24-17(10-16)27-13-19(20,21)22/h4-10H,3,11-13H2,1-2H3,(H2,23,25,26). The van der Waals surface area contributed by atoms with Gasteiger partial charge in [0.1, 0.15) is 0 Å². The Morgan fingerprint density at radius 3 is 2.67 bits per heavy atom. The second-order valence-corrected chi connectivity index (χ2v) is 5.94. The molecule has 0 aliphatic heterocycles. The van der Waals surface area contributed by atoms with Gasteiger partial charge in [-0.05, 0) is 31.0 Å². The summed E-state index contributed by atoms with van der Waals surface area (Å²) in [4.78, 5) is 8.32. The van der Waals surface area contributed by atoms with Crippen LogP contribution in [0.1, 0.15) is 23.6 Å². The van der Waals surface area contributed by atoms with E-state index < -0.39 is 12.8 Å². The van der Waals surface area contributed by atoms with Crippen LogP contribution in [0.4, 0.5) is 13.2 Å². The minimum atomic E-state index is -4.39. The van der Waals surface area contributed by atoms with E-state index in [1.165, 1.54) is 17.8 Å². The van der Waals surface area contributed by atoms with Gasteiger partial charge in [0.2, 0.25) is 5.88 Å².